The molecule has 2 aromatic carbocycles. The van der Waals surface area contributed by atoms with Crippen LogP contribution in [0.15, 0.2) is 89.0 Å². The molecule has 0 aliphatic carbocycles. The minimum absolute atomic E-state index is 0.104. The van der Waals surface area contributed by atoms with Crippen LogP contribution in [0, 0.1) is 0 Å². The second kappa shape index (κ2) is 11.5. The lowest BCUT2D eigenvalue weighted by molar-refractivity contribution is 0.128. The minimum atomic E-state index is 0.104. The predicted octanol–water partition coefficient (Wildman–Crippen LogP) is 2.67. The molecule has 11 nitrogen and oxygen atoms in total. The van der Waals surface area contributed by atoms with Gasteiger partial charge in [-0.05, 0) is 28.1 Å². The van der Waals surface area contributed by atoms with Crippen molar-refractivity contribution in [3.05, 3.63) is 102 Å². The molecule has 4 aromatic rings. The Labute approximate surface area is 202 Å². The number of aromatic nitrogens is 5. The van der Waals surface area contributed by atoms with Gasteiger partial charge in [-0.15, -0.1) is 5.10 Å². The largest absolute Gasteiger partial charge is 0.389 e. The molecule has 0 amide bonds. The monoisotopic (exact) mass is 471 g/mol. The fraction of sp³-hybridized carbons (Fsp3) is 0.167. The smallest absolute Gasteiger partial charge is 0.224 e. The molecule has 0 spiro atoms. The quantitative estimate of drug-likeness (QED) is 0.228. The first kappa shape index (κ1) is 23.5. The van der Waals surface area contributed by atoms with E-state index < -0.39 is 0 Å². The van der Waals surface area contributed by atoms with Crippen molar-refractivity contribution >= 4 is 17.5 Å². The standard InChI is InChI=1S/C24H25N9O2/c1-32(16-18-10-5-3-6-11-18)24(28-34)26-21-15-9-14-20(25-21)17-35-29-22(19-12-7-4-8-13-19)23-27-30-31-33(23)2/h3-15,34H,16-17H2,1-2H3,(H,25,26,28)/b29-22-. The lowest BCUT2D eigenvalue weighted by Gasteiger charge is -2.19. The third kappa shape index (κ3) is 6.24. The molecular weight excluding hydrogens is 446 g/mol. The van der Waals surface area contributed by atoms with Gasteiger partial charge in [-0.25, -0.2) is 15.1 Å². The van der Waals surface area contributed by atoms with E-state index in [1.807, 2.05) is 73.8 Å². The van der Waals surface area contributed by atoms with Crippen LogP contribution in [0.5, 0.6) is 0 Å². The molecule has 35 heavy (non-hydrogen) atoms. The highest BCUT2D eigenvalue weighted by atomic mass is 16.6. The summed E-state index contributed by atoms with van der Waals surface area (Å²) in [7, 11) is 3.56. The Morgan fingerprint density at radius 2 is 1.77 bits per heavy atom. The first-order valence-electron chi connectivity index (χ1n) is 10.8. The normalized spacial score (nSPS) is 11.9. The van der Waals surface area contributed by atoms with Gasteiger partial charge in [-0.1, -0.05) is 71.9 Å². The number of aryl methyl sites for hydroxylation is 1. The molecule has 2 heterocycles. The zero-order chi connectivity index (χ0) is 24.5. The highest BCUT2D eigenvalue weighted by Crippen LogP contribution is 2.13. The van der Waals surface area contributed by atoms with Crippen LogP contribution in [0.4, 0.5) is 5.82 Å². The summed E-state index contributed by atoms with van der Waals surface area (Å²) in [4.78, 5) is 16.3. The van der Waals surface area contributed by atoms with E-state index in [1.54, 1.807) is 24.1 Å². The van der Waals surface area contributed by atoms with E-state index in [4.69, 9.17) is 4.84 Å². The second-order valence-electron chi connectivity index (χ2n) is 7.58. The van der Waals surface area contributed by atoms with Crippen LogP contribution in [0.3, 0.4) is 0 Å². The summed E-state index contributed by atoms with van der Waals surface area (Å²) in [6.07, 6.45) is 0. The van der Waals surface area contributed by atoms with Crippen LogP contribution in [-0.4, -0.2) is 54.0 Å². The van der Waals surface area contributed by atoms with Gasteiger partial charge in [0.05, 0.1) is 5.69 Å². The van der Waals surface area contributed by atoms with Gasteiger partial charge in [-0.2, -0.15) is 4.99 Å². The second-order valence-corrected chi connectivity index (χ2v) is 7.58. The van der Waals surface area contributed by atoms with Gasteiger partial charge < -0.3 is 9.74 Å². The molecule has 0 radical (unpaired) electrons. The summed E-state index contributed by atoms with van der Waals surface area (Å²) >= 11 is 0. The van der Waals surface area contributed by atoms with Crippen molar-refractivity contribution in [3.8, 4) is 0 Å². The Bertz CT molecular complexity index is 1290. The van der Waals surface area contributed by atoms with Crippen LogP contribution >= 0.6 is 0 Å². The number of benzene rings is 2. The van der Waals surface area contributed by atoms with E-state index in [2.05, 4.69) is 36.1 Å². The molecule has 0 unspecified atom stereocenters. The fourth-order valence-corrected chi connectivity index (χ4v) is 3.26. The number of rotatable bonds is 8. The number of hydrogen-bond donors (Lipinski definition) is 2. The Kier molecular flexibility index (Phi) is 7.71. The molecule has 0 aliphatic heterocycles. The van der Waals surface area contributed by atoms with E-state index in [0.29, 0.717) is 29.6 Å². The van der Waals surface area contributed by atoms with Crippen molar-refractivity contribution < 1.29 is 10.0 Å². The Morgan fingerprint density at radius 1 is 1.03 bits per heavy atom. The molecule has 0 saturated heterocycles. The highest BCUT2D eigenvalue weighted by molar-refractivity contribution is 6.10. The molecule has 2 N–H and O–H groups in total. The van der Waals surface area contributed by atoms with E-state index in [-0.39, 0.29) is 12.6 Å². The number of pyridine rings is 1. The van der Waals surface area contributed by atoms with Crippen LogP contribution < -0.4 is 5.48 Å². The van der Waals surface area contributed by atoms with Crippen LogP contribution in [0.1, 0.15) is 22.6 Å². The van der Waals surface area contributed by atoms with Gasteiger partial charge in [0.25, 0.3) is 0 Å². The first-order chi connectivity index (χ1) is 17.1. The number of guanidine groups is 1. The zero-order valence-electron chi connectivity index (χ0n) is 19.4. The average Bonchev–Trinajstić information content (AvgIpc) is 3.32. The summed E-state index contributed by atoms with van der Waals surface area (Å²) in [5.74, 6) is 1.15. The van der Waals surface area contributed by atoms with Crippen molar-refractivity contribution in [2.75, 3.05) is 7.05 Å². The van der Waals surface area contributed by atoms with Gasteiger partial charge in [0, 0.05) is 26.2 Å². The molecule has 0 saturated carbocycles. The van der Waals surface area contributed by atoms with Crippen molar-refractivity contribution in [3.63, 3.8) is 0 Å². The lowest BCUT2D eigenvalue weighted by Crippen LogP contribution is -2.36. The van der Waals surface area contributed by atoms with Crippen molar-refractivity contribution in [1.29, 1.82) is 0 Å². The van der Waals surface area contributed by atoms with Crippen molar-refractivity contribution in [2.45, 2.75) is 13.2 Å². The molecular formula is C24H25N9O2. The molecule has 4 rings (SSSR count). The third-order valence-corrected chi connectivity index (χ3v) is 4.98. The molecule has 2 aromatic heterocycles. The maximum atomic E-state index is 9.62. The van der Waals surface area contributed by atoms with Gasteiger partial charge >= 0.3 is 0 Å². The van der Waals surface area contributed by atoms with Gasteiger partial charge in [0.15, 0.2) is 18.1 Å². The minimum Gasteiger partial charge on any atom is -0.389 e. The number of hydroxylamine groups is 1. The maximum absolute atomic E-state index is 9.62. The average molecular weight is 472 g/mol. The van der Waals surface area contributed by atoms with E-state index >= 15 is 0 Å². The topological polar surface area (TPSA) is 126 Å². The Balaban J connectivity index is 1.48. The van der Waals surface area contributed by atoms with Crippen LogP contribution in [-0.2, 0) is 25.0 Å². The van der Waals surface area contributed by atoms with E-state index in [0.717, 1.165) is 11.1 Å². The number of oxime groups is 1. The van der Waals surface area contributed by atoms with Crippen LogP contribution in [0.2, 0.25) is 0 Å². The predicted molar refractivity (Wildman–Crippen MR) is 130 cm³/mol. The molecule has 0 bridgehead atoms. The third-order valence-electron chi connectivity index (χ3n) is 4.98. The van der Waals surface area contributed by atoms with Crippen LogP contribution in [0.25, 0.3) is 0 Å². The summed E-state index contributed by atoms with van der Waals surface area (Å²) in [6, 6.07) is 24.8. The number of tetrazole rings is 1. The van der Waals surface area contributed by atoms with E-state index in [9.17, 15) is 5.21 Å². The number of aliphatic imine (C=N–C) groups is 1. The van der Waals surface area contributed by atoms with Crippen molar-refractivity contribution in [1.82, 2.24) is 35.6 Å². The maximum Gasteiger partial charge on any atom is 0.224 e. The SMILES string of the molecule is CN(Cc1ccccc1)/C(=N/c1cccc(CO/N=C(/c2ccccc2)c2nnnn2C)n1)NO. The number of nitrogens with zero attached hydrogens (tertiary/aromatic N) is 8. The Morgan fingerprint density at radius 3 is 2.46 bits per heavy atom. The number of nitrogens with one attached hydrogen (secondary N) is 1. The fourth-order valence-electron chi connectivity index (χ4n) is 3.26. The molecule has 0 atom stereocenters. The molecule has 0 aliphatic rings. The lowest BCUT2D eigenvalue weighted by atomic mass is 10.1. The van der Waals surface area contributed by atoms with Gasteiger partial charge in [0.2, 0.25) is 11.8 Å². The van der Waals surface area contributed by atoms with E-state index in [1.165, 1.54) is 4.68 Å². The highest BCUT2D eigenvalue weighted by Gasteiger charge is 2.15. The summed E-state index contributed by atoms with van der Waals surface area (Å²) < 4.78 is 1.53. The first-order valence-corrected chi connectivity index (χ1v) is 10.8. The summed E-state index contributed by atoms with van der Waals surface area (Å²) in [5.41, 5.74) is 5.16. The van der Waals surface area contributed by atoms with Gasteiger partial charge in [-0.3, -0.25) is 5.21 Å². The Hall–Kier alpha value is -4.64. The van der Waals surface area contributed by atoms with Crippen molar-refractivity contribution in [2.24, 2.45) is 17.2 Å². The molecule has 11 heteroatoms. The summed E-state index contributed by atoms with van der Waals surface area (Å²) in [6.45, 7) is 0.663. The zero-order valence-corrected chi connectivity index (χ0v) is 19.4. The van der Waals surface area contributed by atoms with Gasteiger partial charge in [0.1, 0.15) is 0 Å². The summed E-state index contributed by atoms with van der Waals surface area (Å²) in [5, 5.41) is 25.5. The molecule has 0 fully saturated rings. The molecule has 178 valence electrons. The number of hydrogen-bond acceptors (Lipinski definition) is 8.